The Kier molecular flexibility index (Phi) is 11.2. The number of aryl methyl sites for hydroxylation is 1. The lowest BCUT2D eigenvalue weighted by Gasteiger charge is -2.33. The minimum absolute atomic E-state index is 0.0714. The molecule has 0 aromatic heterocycles. The minimum Gasteiger partial charge on any atom is -0.352 e. The Hall–Kier alpha value is -2.47. The Morgan fingerprint density at radius 3 is 2.28 bits per heavy atom. The maximum absolute atomic E-state index is 13.8. The topological polar surface area (TPSA) is 49.4 Å². The fourth-order valence-corrected chi connectivity index (χ4v) is 6.15. The van der Waals surface area contributed by atoms with Crippen molar-refractivity contribution < 1.29 is 9.59 Å². The lowest BCUT2D eigenvalue weighted by molar-refractivity contribution is -0.139. The molecule has 1 saturated carbocycles. The molecule has 1 aliphatic carbocycles. The van der Waals surface area contributed by atoms with Gasteiger partial charge in [0.05, 0.1) is 15.8 Å². The van der Waals surface area contributed by atoms with Gasteiger partial charge in [-0.15, -0.1) is 11.8 Å². The van der Waals surface area contributed by atoms with Gasteiger partial charge in [-0.25, -0.2) is 0 Å². The number of halogens is 2. The summed E-state index contributed by atoms with van der Waals surface area (Å²) in [6.45, 7) is 2.34. The summed E-state index contributed by atoms with van der Waals surface area (Å²) in [5.41, 5.74) is 4.23. The molecule has 1 atom stereocenters. The molecule has 0 spiro atoms. The third kappa shape index (κ3) is 9.02. The van der Waals surface area contributed by atoms with Crippen molar-refractivity contribution in [2.75, 3.05) is 5.75 Å². The highest BCUT2D eigenvalue weighted by Crippen LogP contribution is 2.25. The minimum atomic E-state index is -0.642. The normalized spacial score (nSPS) is 14.5. The number of carbonyl (C=O) groups excluding carboxylic acids is 2. The molecule has 3 aromatic carbocycles. The highest BCUT2D eigenvalue weighted by atomic mass is 35.5. The Bertz CT molecular complexity index is 1230. The summed E-state index contributed by atoms with van der Waals surface area (Å²) < 4.78 is 0. The second-order valence-corrected chi connectivity index (χ2v) is 12.1. The predicted octanol–water partition coefficient (Wildman–Crippen LogP) is 7.62. The fourth-order valence-electron chi connectivity index (χ4n) is 4.96. The van der Waals surface area contributed by atoms with Crippen LogP contribution in [0.4, 0.5) is 0 Å². The molecule has 4 rings (SSSR count). The molecule has 0 aliphatic heterocycles. The van der Waals surface area contributed by atoms with Gasteiger partial charge < -0.3 is 10.2 Å². The third-order valence-corrected chi connectivity index (χ3v) is 8.90. The molecule has 7 heteroatoms. The quantitative estimate of drug-likeness (QED) is 0.253. The van der Waals surface area contributed by atoms with Crippen LogP contribution in [0.2, 0.25) is 10.0 Å². The summed E-state index contributed by atoms with van der Waals surface area (Å²) in [6, 6.07) is 23.2. The largest absolute Gasteiger partial charge is 0.352 e. The van der Waals surface area contributed by atoms with Gasteiger partial charge in [0.15, 0.2) is 0 Å². The van der Waals surface area contributed by atoms with Gasteiger partial charge in [0, 0.05) is 24.8 Å². The van der Waals surface area contributed by atoms with Crippen LogP contribution in [0, 0.1) is 6.92 Å². The fraction of sp³-hybridized carbons (Fsp3) is 0.375. The van der Waals surface area contributed by atoms with E-state index < -0.39 is 6.04 Å². The summed E-state index contributed by atoms with van der Waals surface area (Å²) in [6.07, 6.45) is 5.86. The maximum atomic E-state index is 13.8. The lowest BCUT2D eigenvalue weighted by atomic mass is 9.94. The van der Waals surface area contributed by atoms with Crippen LogP contribution >= 0.6 is 35.0 Å². The van der Waals surface area contributed by atoms with Crippen molar-refractivity contribution >= 4 is 46.8 Å². The smallest absolute Gasteiger partial charge is 0.243 e. The number of carbonyl (C=O) groups is 2. The van der Waals surface area contributed by atoms with Crippen molar-refractivity contribution in [3.63, 3.8) is 0 Å². The standard InChI is InChI=1S/C32H36Cl2N2O2S/c1-23-12-14-25(15-13-23)21-39-22-31(37)36(20-26-16-17-28(33)29(34)18-26)30(19-24-8-4-2-5-9-24)32(38)35-27-10-6-3-7-11-27/h2,4-5,8-9,12-18,27,30H,3,6-7,10-11,19-22H2,1H3,(H,35,38)/t30-/m1/s1. The summed E-state index contributed by atoms with van der Waals surface area (Å²) in [5.74, 6) is 0.835. The molecule has 39 heavy (non-hydrogen) atoms. The molecule has 0 unspecified atom stereocenters. The zero-order chi connectivity index (χ0) is 27.6. The first-order chi connectivity index (χ1) is 18.9. The molecule has 1 fully saturated rings. The summed E-state index contributed by atoms with van der Waals surface area (Å²) in [5, 5.41) is 4.17. The van der Waals surface area contributed by atoms with Gasteiger partial charge in [0.2, 0.25) is 11.8 Å². The van der Waals surface area contributed by atoms with E-state index in [1.807, 2.05) is 36.4 Å². The van der Waals surface area contributed by atoms with Crippen molar-refractivity contribution in [2.24, 2.45) is 0 Å². The van der Waals surface area contributed by atoms with Gasteiger partial charge in [-0.1, -0.05) is 109 Å². The van der Waals surface area contributed by atoms with Gasteiger partial charge in [0.25, 0.3) is 0 Å². The first-order valence-corrected chi connectivity index (χ1v) is 15.5. The van der Waals surface area contributed by atoms with Crippen molar-refractivity contribution in [2.45, 2.75) is 69.8 Å². The summed E-state index contributed by atoms with van der Waals surface area (Å²) in [4.78, 5) is 29.4. The van der Waals surface area contributed by atoms with E-state index in [0.717, 1.165) is 42.6 Å². The first kappa shape index (κ1) is 29.5. The predicted molar refractivity (Wildman–Crippen MR) is 163 cm³/mol. The summed E-state index contributed by atoms with van der Waals surface area (Å²) in [7, 11) is 0. The average molecular weight is 584 g/mol. The van der Waals surface area contributed by atoms with Gasteiger partial charge in [-0.3, -0.25) is 9.59 Å². The Morgan fingerprint density at radius 2 is 1.59 bits per heavy atom. The van der Waals surface area contributed by atoms with Gasteiger partial charge in [0.1, 0.15) is 6.04 Å². The highest BCUT2D eigenvalue weighted by Gasteiger charge is 2.32. The molecule has 206 valence electrons. The SMILES string of the molecule is Cc1ccc(CSCC(=O)N(Cc2ccc(Cl)c(Cl)c2)[C@H](Cc2ccccc2)C(=O)NC2CCCCC2)cc1. The lowest BCUT2D eigenvalue weighted by Crippen LogP contribution is -2.53. The molecular weight excluding hydrogens is 547 g/mol. The molecule has 2 amide bonds. The average Bonchev–Trinajstić information content (AvgIpc) is 2.94. The number of nitrogens with zero attached hydrogens (tertiary/aromatic N) is 1. The van der Waals surface area contributed by atoms with Crippen LogP contribution in [0.25, 0.3) is 0 Å². The van der Waals surface area contributed by atoms with E-state index in [-0.39, 0.29) is 30.2 Å². The molecule has 0 heterocycles. The van der Waals surface area contributed by atoms with Crippen LogP contribution in [-0.2, 0) is 28.3 Å². The van der Waals surface area contributed by atoms with Crippen molar-refractivity contribution in [3.8, 4) is 0 Å². The number of thioether (sulfide) groups is 1. The molecule has 0 radical (unpaired) electrons. The van der Waals surface area contributed by atoms with Crippen molar-refractivity contribution in [1.82, 2.24) is 10.2 Å². The van der Waals surface area contributed by atoms with Crippen LogP contribution in [0.15, 0.2) is 72.8 Å². The third-order valence-electron chi connectivity index (χ3n) is 7.17. The van der Waals surface area contributed by atoms with Crippen LogP contribution in [0.3, 0.4) is 0 Å². The number of hydrogen-bond donors (Lipinski definition) is 1. The Balaban J connectivity index is 1.57. The number of hydrogen-bond acceptors (Lipinski definition) is 3. The van der Waals surface area contributed by atoms with Crippen LogP contribution in [-0.4, -0.2) is 34.6 Å². The second kappa shape index (κ2) is 14.8. The molecule has 0 bridgehead atoms. The maximum Gasteiger partial charge on any atom is 0.243 e. The molecule has 4 nitrogen and oxygen atoms in total. The Morgan fingerprint density at radius 1 is 0.897 bits per heavy atom. The van der Waals surface area contributed by atoms with Crippen molar-refractivity contribution in [3.05, 3.63) is 105 Å². The van der Waals surface area contributed by atoms with Crippen LogP contribution in [0.1, 0.15) is 54.4 Å². The number of amides is 2. The number of nitrogens with one attached hydrogen (secondary N) is 1. The van der Waals surface area contributed by atoms with E-state index in [1.54, 1.807) is 28.8 Å². The van der Waals surface area contributed by atoms with Crippen molar-refractivity contribution in [1.29, 1.82) is 0 Å². The Labute approximate surface area is 246 Å². The number of rotatable bonds is 11. The zero-order valence-electron chi connectivity index (χ0n) is 22.4. The van der Waals surface area contributed by atoms with Gasteiger partial charge in [-0.05, 0) is 48.6 Å². The van der Waals surface area contributed by atoms with E-state index in [9.17, 15) is 9.59 Å². The van der Waals surface area contributed by atoms with E-state index >= 15 is 0 Å². The van der Waals surface area contributed by atoms with Gasteiger partial charge >= 0.3 is 0 Å². The number of benzene rings is 3. The molecule has 0 saturated heterocycles. The van der Waals surface area contributed by atoms with Gasteiger partial charge in [-0.2, -0.15) is 0 Å². The highest BCUT2D eigenvalue weighted by molar-refractivity contribution is 7.99. The molecule has 1 N–H and O–H groups in total. The second-order valence-electron chi connectivity index (χ2n) is 10.3. The monoisotopic (exact) mass is 582 g/mol. The molecule has 1 aliphatic rings. The van der Waals surface area contributed by atoms with Crippen LogP contribution < -0.4 is 5.32 Å². The molecular formula is C32H36Cl2N2O2S. The van der Waals surface area contributed by atoms with Crippen LogP contribution in [0.5, 0.6) is 0 Å². The first-order valence-electron chi connectivity index (χ1n) is 13.6. The van der Waals surface area contributed by atoms with E-state index in [0.29, 0.717) is 16.5 Å². The molecule has 3 aromatic rings. The van der Waals surface area contributed by atoms with E-state index in [1.165, 1.54) is 17.5 Å². The zero-order valence-corrected chi connectivity index (χ0v) is 24.7. The van der Waals surface area contributed by atoms with E-state index in [4.69, 9.17) is 23.2 Å². The summed E-state index contributed by atoms with van der Waals surface area (Å²) >= 11 is 14.1. The van der Waals surface area contributed by atoms with E-state index in [2.05, 4.69) is 36.5 Å².